The van der Waals surface area contributed by atoms with Gasteiger partial charge in [0.05, 0.1) is 13.2 Å². The summed E-state index contributed by atoms with van der Waals surface area (Å²) in [5.74, 6) is 9.32. The van der Waals surface area contributed by atoms with Gasteiger partial charge in [0.1, 0.15) is 17.4 Å². The van der Waals surface area contributed by atoms with Crippen molar-refractivity contribution in [2.24, 2.45) is 27.7 Å². The zero-order valence-corrected chi connectivity index (χ0v) is 19.7. The number of halogens is 1. The first-order chi connectivity index (χ1) is 15.6. The van der Waals surface area contributed by atoms with Crippen molar-refractivity contribution in [3.8, 4) is 0 Å². The Morgan fingerprint density at radius 2 is 2.25 bits per heavy atom. The van der Waals surface area contributed by atoms with E-state index < -0.39 is 0 Å². The van der Waals surface area contributed by atoms with Crippen LogP contribution in [0.25, 0.3) is 0 Å². The van der Waals surface area contributed by atoms with Crippen LogP contribution in [0.1, 0.15) is 25.3 Å². The van der Waals surface area contributed by atoms with Crippen LogP contribution in [0.15, 0.2) is 92.6 Å². The van der Waals surface area contributed by atoms with Gasteiger partial charge in [0, 0.05) is 29.4 Å². The van der Waals surface area contributed by atoms with Gasteiger partial charge in [-0.3, -0.25) is 9.98 Å². The van der Waals surface area contributed by atoms with Crippen LogP contribution in [0, 0.1) is 11.8 Å². The van der Waals surface area contributed by atoms with Crippen LogP contribution in [0.2, 0.25) is 0 Å². The average Bonchev–Trinajstić information content (AvgIpc) is 2.83. The Hall–Kier alpha value is -2.97. The fourth-order valence-corrected chi connectivity index (χ4v) is 4.71. The number of ether oxygens (including phenoxy) is 1. The third kappa shape index (κ3) is 4.92. The fourth-order valence-electron chi connectivity index (χ4n) is 3.95. The van der Waals surface area contributed by atoms with E-state index >= 15 is 0 Å². The van der Waals surface area contributed by atoms with E-state index in [1.165, 1.54) is 4.48 Å². The molecule has 0 fully saturated rings. The number of hydrogen-bond acceptors (Lipinski definition) is 7. The predicted molar refractivity (Wildman–Crippen MR) is 132 cm³/mol. The van der Waals surface area contributed by atoms with Crippen LogP contribution in [-0.2, 0) is 4.74 Å². The molecular formula is C24H27BrN6O. The molecule has 1 aromatic heterocycles. The van der Waals surface area contributed by atoms with Crippen molar-refractivity contribution in [1.29, 1.82) is 0 Å². The minimum absolute atomic E-state index is 0.0545. The molecule has 0 radical (unpaired) electrons. The second-order valence-corrected chi connectivity index (χ2v) is 8.76. The van der Waals surface area contributed by atoms with Crippen molar-refractivity contribution in [2.75, 3.05) is 7.11 Å². The lowest BCUT2D eigenvalue weighted by atomic mass is 9.88. The molecular weight excluding hydrogens is 468 g/mol. The molecule has 1 aromatic rings. The van der Waals surface area contributed by atoms with Crippen LogP contribution < -0.4 is 16.6 Å². The SMILES string of the molecule is COC1=CCC2N=C(c3cccnc3)N=C(N/C(=C/C(C)C3CC=CC=C3Br)NN)C2=C1. The first kappa shape index (κ1) is 22.2. The van der Waals surface area contributed by atoms with Gasteiger partial charge in [-0.2, -0.15) is 0 Å². The normalized spacial score (nSPS) is 23.6. The summed E-state index contributed by atoms with van der Waals surface area (Å²) in [4.78, 5) is 13.9. The Morgan fingerprint density at radius 3 is 2.97 bits per heavy atom. The van der Waals surface area contributed by atoms with Gasteiger partial charge in [-0.05, 0) is 53.6 Å². The number of hydrogen-bond donors (Lipinski definition) is 3. The summed E-state index contributed by atoms with van der Waals surface area (Å²) in [6.07, 6.45) is 17.7. The van der Waals surface area contributed by atoms with Crippen LogP contribution in [-0.4, -0.2) is 29.8 Å². The number of aromatic nitrogens is 1. The number of nitrogens with one attached hydrogen (secondary N) is 2. The Balaban J connectivity index is 1.64. The number of allylic oxidation sites excluding steroid dienone is 6. The van der Waals surface area contributed by atoms with Gasteiger partial charge in [-0.1, -0.05) is 41.1 Å². The Bertz CT molecular complexity index is 1070. The number of pyridine rings is 1. The number of amidine groups is 2. The smallest absolute Gasteiger partial charge is 0.159 e. The molecule has 32 heavy (non-hydrogen) atoms. The summed E-state index contributed by atoms with van der Waals surface area (Å²) in [7, 11) is 1.67. The molecule has 4 N–H and O–H groups in total. The lowest BCUT2D eigenvalue weighted by molar-refractivity contribution is 0.302. The van der Waals surface area contributed by atoms with Crippen molar-refractivity contribution >= 4 is 27.6 Å². The van der Waals surface area contributed by atoms with Crippen molar-refractivity contribution in [3.05, 3.63) is 88.2 Å². The van der Waals surface area contributed by atoms with Gasteiger partial charge in [-0.15, -0.1) is 0 Å². The molecule has 8 heteroatoms. The Kier molecular flexibility index (Phi) is 7.02. The summed E-state index contributed by atoms with van der Waals surface area (Å²) < 4.78 is 6.64. The second-order valence-electron chi connectivity index (χ2n) is 7.85. The number of methoxy groups -OCH3 is 1. The summed E-state index contributed by atoms with van der Waals surface area (Å²) in [5.41, 5.74) is 4.64. The number of rotatable bonds is 6. The molecule has 2 heterocycles. The van der Waals surface area contributed by atoms with Crippen LogP contribution >= 0.6 is 15.9 Å². The van der Waals surface area contributed by atoms with E-state index in [0.717, 1.165) is 29.7 Å². The Morgan fingerprint density at radius 1 is 1.38 bits per heavy atom. The first-order valence-electron chi connectivity index (χ1n) is 10.6. The van der Waals surface area contributed by atoms with E-state index in [-0.39, 0.29) is 12.0 Å². The predicted octanol–water partition coefficient (Wildman–Crippen LogP) is 3.85. The molecule has 3 unspecified atom stereocenters. The number of aliphatic imine (C=N–C) groups is 2. The minimum Gasteiger partial charge on any atom is -0.497 e. The number of nitrogens with two attached hydrogens (primary N) is 1. The number of fused-ring (bicyclic) bond motifs is 1. The molecule has 0 bridgehead atoms. The maximum Gasteiger partial charge on any atom is 0.159 e. The van der Waals surface area contributed by atoms with E-state index in [1.807, 2.05) is 24.3 Å². The quantitative estimate of drug-likeness (QED) is 0.412. The van der Waals surface area contributed by atoms with Gasteiger partial charge < -0.3 is 15.5 Å². The van der Waals surface area contributed by atoms with Crippen LogP contribution in [0.5, 0.6) is 0 Å². The maximum atomic E-state index is 5.90. The lowest BCUT2D eigenvalue weighted by Crippen LogP contribution is -2.41. The largest absolute Gasteiger partial charge is 0.497 e. The van der Waals surface area contributed by atoms with Crippen molar-refractivity contribution < 1.29 is 4.74 Å². The molecule has 3 atom stereocenters. The monoisotopic (exact) mass is 494 g/mol. The highest BCUT2D eigenvalue weighted by Gasteiger charge is 2.28. The molecule has 4 rings (SSSR count). The van der Waals surface area contributed by atoms with E-state index in [2.05, 4.69) is 62.9 Å². The van der Waals surface area contributed by atoms with Crippen molar-refractivity contribution in [2.45, 2.75) is 25.8 Å². The van der Waals surface area contributed by atoms with Crippen molar-refractivity contribution in [1.82, 2.24) is 15.7 Å². The first-order valence-corrected chi connectivity index (χ1v) is 11.4. The third-order valence-corrected chi connectivity index (χ3v) is 6.58. The number of nitrogens with zero attached hydrogens (tertiary/aromatic N) is 3. The van der Waals surface area contributed by atoms with E-state index in [9.17, 15) is 0 Å². The summed E-state index contributed by atoms with van der Waals surface area (Å²) in [6.45, 7) is 2.18. The Labute approximate surface area is 196 Å². The standard InChI is InChI=1S/C24H27BrN6O/c1-15(18-7-3-4-8-20(18)25)12-22(31-26)29-24-19-13-17(32-2)9-10-21(19)28-23(30-24)16-6-5-11-27-14-16/h3-6,8-9,11-15,18,21,31H,7,10,26H2,1-2H3,(H,28,29,30)/b22-12-. The summed E-state index contributed by atoms with van der Waals surface area (Å²) >= 11 is 3.69. The van der Waals surface area contributed by atoms with Gasteiger partial charge in [-0.25, -0.2) is 10.8 Å². The summed E-state index contributed by atoms with van der Waals surface area (Å²) in [6, 6.07) is 3.79. The molecule has 2 aliphatic carbocycles. The highest BCUT2D eigenvalue weighted by atomic mass is 79.9. The minimum atomic E-state index is -0.0545. The molecule has 0 spiro atoms. The van der Waals surface area contributed by atoms with E-state index in [4.69, 9.17) is 20.6 Å². The average molecular weight is 495 g/mol. The molecule has 0 saturated heterocycles. The van der Waals surface area contributed by atoms with Crippen molar-refractivity contribution in [3.63, 3.8) is 0 Å². The van der Waals surface area contributed by atoms with Crippen LogP contribution in [0.3, 0.4) is 0 Å². The second kappa shape index (κ2) is 10.1. The lowest BCUT2D eigenvalue weighted by Gasteiger charge is -2.28. The molecule has 166 valence electrons. The zero-order valence-electron chi connectivity index (χ0n) is 18.1. The molecule has 0 saturated carbocycles. The zero-order chi connectivity index (χ0) is 22.5. The fraction of sp³-hybridized carbons (Fsp3) is 0.292. The maximum absolute atomic E-state index is 5.90. The van der Waals surface area contributed by atoms with E-state index in [0.29, 0.717) is 23.4 Å². The van der Waals surface area contributed by atoms with Gasteiger partial charge in [0.25, 0.3) is 0 Å². The molecule has 7 nitrogen and oxygen atoms in total. The van der Waals surface area contributed by atoms with Crippen LogP contribution in [0.4, 0.5) is 0 Å². The molecule has 3 aliphatic rings. The van der Waals surface area contributed by atoms with Gasteiger partial charge >= 0.3 is 0 Å². The topological polar surface area (TPSA) is 96.9 Å². The molecule has 0 amide bonds. The highest BCUT2D eigenvalue weighted by Crippen LogP contribution is 2.33. The number of hydrazine groups is 1. The van der Waals surface area contributed by atoms with E-state index in [1.54, 1.807) is 19.5 Å². The third-order valence-electron chi connectivity index (χ3n) is 5.73. The van der Waals surface area contributed by atoms with Gasteiger partial charge in [0.2, 0.25) is 0 Å². The molecule has 0 aromatic carbocycles. The highest BCUT2D eigenvalue weighted by molar-refractivity contribution is 9.11. The van der Waals surface area contributed by atoms with Gasteiger partial charge in [0.15, 0.2) is 5.84 Å². The molecule has 1 aliphatic heterocycles. The summed E-state index contributed by atoms with van der Waals surface area (Å²) in [5, 5.41) is 3.40.